The summed E-state index contributed by atoms with van der Waals surface area (Å²) in [6, 6.07) is 4.61. The van der Waals surface area contributed by atoms with E-state index in [1.54, 1.807) is 0 Å². The third kappa shape index (κ3) is 3.56. The van der Waals surface area contributed by atoms with Gasteiger partial charge >= 0.3 is 0 Å². The summed E-state index contributed by atoms with van der Waals surface area (Å²) < 4.78 is 26.2. The van der Waals surface area contributed by atoms with Crippen LogP contribution in [0.2, 0.25) is 0 Å². The van der Waals surface area contributed by atoms with Gasteiger partial charge in [-0.3, -0.25) is 4.79 Å². The normalized spacial score (nSPS) is 17.3. The van der Waals surface area contributed by atoms with Gasteiger partial charge in [0.05, 0.1) is 0 Å². The van der Waals surface area contributed by atoms with Gasteiger partial charge in [-0.05, 0) is 30.9 Å². The minimum Gasteiger partial charge on any atom is -0.370 e. The second-order valence-electron chi connectivity index (χ2n) is 5.01. The fraction of sp³-hybridized carbons (Fsp3) is 0.462. The van der Waals surface area contributed by atoms with Gasteiger partial charge < -0.3 is 5.73 Å². The molecule has 2 N–H and O–H groups in total. The number of primary amides is 1. The van der Waals surface area contributed by atoms with E-state index in [0.717, 1.165) is 0 Å². The van der Waals surface area contributed by atoms with Crippen molar-refractivity contribution in [3.63, 3.8) is 0 Å². The molecular formula is C13H16N4O3S. The minimum absolute atomic E-state index is 0.0786. The van der Waals surface area contributed by atoms with Crippen molar-refractivity contribution >= 4 is 15.9 Å². The molecule has 1 aliphatic rings. The molecule has 0 saturated carbocycles. The van der Waals surface area contributed by atoms with Crippen LogP contribution in [-0.4, -0.2) is 36.7 Å². The van der Waals surface area contributed by atoms with E-state index in [0.29, 0.717) is 32.4 Å². The zero-order valence-electron chi connectivity index (χ0n) is 11.4. The van der Waals surface area contributed by atoms with Crippen molar-refractivity contribution in [2.45, 2.75) is 24.2 Å². The monoisotopic (exact) mass is 308 g/mol. The second-order valence-corrected chi connectivity index (χ2v) is 6.95. The number of hydrogen-bond donors (Lipinski definition) is 1. The van der Waals surface area contributed by atoms with Crippen LogP contribution in [-0.2, 0) is 14.8 Å². The molecule has 0 atom stereocenters. The Hall–Kier alpha value is -1.98. The Balaban J connectivity index is 2.07. The van der Waals surface area contributed by atoms with Crippen molar-refractivity contribution in [3.05, 3.63) is 24.0 Å². The number of sulfonamides is 1. The van der Waals surface area contributed by atoms with E-state index in [2.05, 4.69) is 4.98 Å². The Kier molecular flexibility index (Phi) is 4.55. The van der Waals surface area contributed by atoms with Gasteiger partial charge in [0.1, 0.15) is 16.7 Å². The first kappa shape index (κ1) is 15.4. The third-order valence-corrected chi connectivity index (χ3v) is 5.43. The summed E-state index contributed by atoms with van der Waals surface area (Å²) in [4.78, 5) is 14.7. The Morgan fingerprint density at radius 3 is 2.57 bits per heavy atom. The van der Waals surface area contributed by atoms with E-state index >= 15 is 0 Å². The largest absolute Gasteiger partial charge is 0.370 e. The Labute approximate surface area is 123 Å². The summed E-state index contributed by atoms with van der Waals surface area (Å²) in [7, 11) is -3.59. The van der Waals surface area contributed by atoms with Crippen molar-refractivity contribution < 1.29 is 13.2 Å². The molecule has 2 heterocycles. The molecule has 1 amide bonds. The molecule has 1 aromatic heterocycles. The molecule has 1 aromatic rings. The van der Waals surface area contributed by atoms with E-state index in [1.807, 2.05) is 6.07 Å². The molecule has 7 nitrogen and oxygen atoms in total. The van der Waals surface area contributed by atoms with Gasteiger partial charge in [0.2, 0.25) is 15.9 Å². The fourth-order valence-electron chi connectivity index (χ4n) is 2.39. The number of nitriles is 1. The van der Waals surface area contributed by atoms with E-state index in [-0.39, 0.29) is 22.4 Å². The zero-order chi connectivity index (χ0) is 15.5. The minimum atomic E-state index is -3.59. The first-order valence-electron chi connectivity index (χ1n) is 6.58. The quantitative estimate of drug-likeness (QED) is 0.854. The van der Waals surface area contributed by atoms with E-state index < -0.39 is 10.0 Å². The van der Waals surface area contributed by atoms with Crippen LogP contribution in [0.15, 0.2) is 23.2 Å². The first-order chi connectivity index (χ1) is 9.93. The molecule has 0 aliphatic carbocycles. The molecule has 1 fully saturated rings. The van der Waals surface area contributed by atoms with Crippen LogP contribution in [0.3, 0.4) is 0 Å². The molecule has 112 valence electrons. The van der Waals surface area contributed by atoms with Gasteiger partial charge in [-0.25, -0.2) is 13.4 Å². The van der Waals surface area contributed by atoms with Crippen molar-refractivity contribution in [2.24, 2.45) is 11.7 Å². The summed E-state index contributed by atoms with van der Waals surface area (Å²) >= 11 is 0. The number of pyridine rings is 1. The van der Waals surface area contributed by atoms with Crippen molar-refractivity contribution in [1.82, 2.24) is 9.29 Å². The van der Waals surface area contributed by atoms with Gasteiger partial charge in [-0.1, -0.05) is 0 Å². The van der Waals surface area contributed by atoms with Crippen molar-refractivity contribution in [2.75, 3.05) is 13.1 Å². The van der Waals surface area contributed by atoms with E-state index in [1.165, 1.54) is 22.6 Å². The maximum atomic E-state index is 12.4. The molecule has 0 radical (unpaired) electrons. The van der Waals surface area contributed by atoms with Gasteiger partial charge in [-0.2, -0.15) is 9.57 Å². The number of nitrogens with two attached hydrogens (primary N) is 1. The first-order valence-corrected chi connectivity index (χ1v) is 8.02. The topological polar surface area (TPSA) is 117 Å². The highest BCUT2D eigenvalue weighted by Gasteiger charge is 2.30. The number of carbonyl (C=O) groups excluding carboxylic acids is 1. The Morgan fingerprint density at radius 1 is 1.43 bits per heavy atom. The second kappa shape index (κ2) is 6.20. The summed E-state index contributed by atoms with van der Waals surface area (Å²) in [5.41, 5.74) is 5.33. The molecule has 0 spiro atoms. The van der Waals surface area contributed by atoms with Crippen LogP contribution in [0.5, 0.6) is 0 Å². The number of aromatic nitrogens is 1. The van der Waals surface area contributed by atoms with Crippen LogP contribution in [0.25, 0.3) is 0 Å². The summed E-state index contributed by atoms with van der Waals surface area (Å²) in [6.45, 7) is 0.723. The molecule has 2 rings (SSSR count). The highest BCUT2D eigenvalue weighted by Crippen LogP contribution is 2.25. The van der Waals surface area contributed by atoms with E-state index in [4.69, 9.17) is 11.0 Å². The molecule has 1 saturated heterocycles. The molecular weight excluding hydrogens is 292 g/mol. The van der Waals surface area contributed by atoms with Crippen LogP contribution in [0.1, 0.15) is 25.0 Å². The number of hydrogen-bond acceptors (Lipinski definition) is 5. The number of nitrogens with zero attached hydrogens (tertiary/aromatic N) is 3. The van der Waals surface area contributed by atoms with Crippen LogP contribution >= 0.6 is 0 Å². The highest BCUT2D eigenvalue weighted by atomic mass is 32.2. The summed E-state index contributed by atoms with van der Waals surface area (Å²) in [6.07, 6.45) is 2.73. The number of rotatable bonds is 4. The summed E-state index contributed by atoms with van der Waals surface area (Å²) in [5.74, 6) is -0.208. The molecule has 0 bridgehead atoms. The molecule has 8 heteroatoms. The average molecular weight is 308 g/mol. The summed E-state index contributed by atoms with van der Waals surface area (Å²) in [5, 5.41) is 8.67. The van der Waals surface area contributed by atoms with Crippen LogP contribution in [0.4, 0.5) is 0 Å². The Bertz CT molecular complexity index is 656. The maximum Gasteiger partial charge on any atom is 0.244 e. The third-order valence-electron chi connectivity index (χ3n) is 3.55. The zero-order valence-corrected chi connectivity index (χ0v) is 12.2. The smallest absolute Gasteiger partial charge is 0.244 e. The number of piperidine rings is 1. The lowest BCUT2D eigenvalue weighted by Gasteiger charge is -2.30. The molecule has 21 heavy (non-hydrogen) atoms. The number of amides is 1. The highest BCUT2D eigenvalue weighted by molar-refractivity contribution is 7.89. The number of carbonyl (C=O) groups is 1. The molecule has 1 aliphatic heterocycles. The van der Waals surface area contributed by atoms with E-state index in [9.17, 15) is 13.2 Å². The fourth-order valence-corrected chi connectivity index (χ4v) is 3.80. The molecule has 0 unspecified atom stereocenters. The lowest BCUT2D eigenvalue weighted by Crippen LogP contribution is -2.39. The van der Waals surface area contributed by atoms with Crippen molar-refractivity contribution in [3.8, 4) is 6.07 Å². The van der Waals surface area contributed by atoms with Gasteiger partial charge in [0.15, 0.2) is 0 Å². The van der Waals surface area contributed by atoms with Crippen LogP contribution in [0, 0.1) is 17.2 Å². The SMILES string of the molecule is N#Cc1ccc(S(=O)(=O)N2CCC(CC(N)=O)CC2)cn1. The predicted octanol–water partition coefficient (Wildman–Crippen LogP) is 0.229. The predicted molar refractivity (Wildman–Crippen MR) is 74.2 cm³/mol. The van der Waals surface area contributed by atoms with Crippen molar-refractivity contribution in [1.29, 1.82) is 5.26 Å². The van der Waals surface area contributed by atoms with Gasteiger partial charge in [0, 0.05) is 25.7 Å². The lowest BCUT2D eigenvalue weighted by molar-refractivity contribution is -0.119. The van der Waals surface area contributed by atoms with Crippen LogP contribution < -0.4 is 5.73 Å². The lowest BCUT2D eigenvalue weighted by atomic mass is 9.94. The van der Waals surface area contributed by atoms with Gasteiger partial charge in [0.25, 0.3) is 0 Å². The maximum absolute atomic E-state index is 12.4. The average Bonchev–Trinajstić information content (AvgIpc) is 2.47. The standard InChI is InChI=1S/C13H16N4O3S/c14-8-11-1-2-12(9-16-11)21(19,20)17-5-3-10(4-6-17)7-13(15)18/h1-2,9-10H,3-7H2,(H2,15,18). The Morgan fingerprint density at radius 2 is 2.10 bits per heavy atom. The van der Waals surface area contributed by atoms with Gasteiger partial charge in [-0.15, -0.1) is 0 Å². The molecule has 0 aromatic carbocycles.